The Morgan fingerprint density at radius 2 is 1.67 bits per heavy atom. The first-order valence-corrected chi connectivity index (χ1v) is 10.3. The lowest BCUT2D eigenvalue weighted by Gasteiger charge is -2.03. The maximum absolute atomic E-state index is 10.4. The number of aliphatic hydroxyl groups is 1. The number of hydrogen-bond acceptors (Lipinski definition) is 3. The molecule has 0 heterocycles. The number of allylic oxidation sites excluding steroid dienone is 4. The molecule has 1 atom stereocenters. The summed E-state index contributed by atoms with van der Waals surface area (Å²) < 4.78 is 14.8. The molecule has 0 amide bonds. The average molecular weight is 360 g/mol. The summed E-state index contributed by atoms with van der Waals surface area (Å²) in [5, 5.41) is 9.77. The van der Waals surface area contributed by atoms with Gasteiger partial charge in [-0.1, -0.05) is 62.6 Å². The monoisotopic (exact) mass is 360 g/mol. The Bertz CT molecular complexity index is 412. The van der Waals surface area contributed by atoms with Crippen LogP contribution in [0.1, 0.15) is 64.7 Å². The van der Waals surface area contributed by atoms with Crippen LogP contribution < -0.4 is 0 Å². The SMILES string of the molecule is CCCCC/C=C\C[C@H](O)/C=C/C=C\CCCCCOP(=O)(O)O. The van der Waals surface area contributed by atoms with Crippen molar-refractivity contribution in [2.75, 3.05) is 6.61 Å². The van der Waals surface area contributed by atoms with Crippen LogP contribution in [-0.2, 0) is 9.09 Å². The second-order valence-electron chi connectivity index (χ2n) is 5.76. The predicted octanol–water partition coefficient (Wildman–Crippen LogP) is 4.66. The minimum atomic E-state index is -4.31. The van der Waals surface area contributed by atoms with Gasteiger partial charge in [0.25, 0.3) is 0 Å². The molecular formula is C18H33O5P. The van der Waals surface area contributed by atoms with Gasteiger partial charge in [-0.3, -0.25) is 4.52 Å². The van der Waals surface area contributed by atoms with Crippen LogP contribution >= 0.6 is 7.82 Å². The Morgan fingerprint density at radius 1 is 0.958 bits per heavy atom. The molecule has 0 fully saturated rings. The Kier molecular flexibility index (Phi) is 15.3. The molecule has 0 spiro atoms. The van der Waals surface area contributed by atoms with Crippen LogP contribution in [-0.4, -0.2) is 27.6 Å². The Labute approximate surface area is 146 Å². The Hall–Kier alpha value is -0.710. The van der Waals surface area contributed by atoms with E-state index in [9.17, 15) is 9.67 Å². The molecule has 0 saturated carbocycles. The van der Waals surface area contributed by atoms with Crippen molar-refractivity contribution in [3.05, 3.63) is 36.5 Å². The van der Waals surface area contributed by atoms with E-state index in [1.807, 2.05) is 24.3 Å². The van der Waals surface area contributed by atoms with E-state index < -0.39 is 13.9 Å². The number of rotatable bonds is 15. The van der Waals surface area contributed by atoms with E-state index in [-0.39, 0.29) is 6.61 Å². The van der Waals surface area contributed by atoms with Crippen molar-refractivity contribution in [3.8, 4) is 0 Å². The van der Waals surface area contributed by atoms with Gasteiger partial charge in [-0.15, -0.1) is 0 Å². The first-order valence-electron chi connectivity index (χ1n) is 8.82. The first-order chi connectivity index (χ1) is 11.5. The van der Waals surface area contributed by atoms with Crippen molar-refractivity contribution in [2.45, 2.75) is 70.8 Å². The molecule has 0 radical (unpaired) electrons. The largest absolute Gasteiger partial charge is 0.469 e. The fourth-order valence-corrected chi connectivity index (χ4v) is 2.40. The van der Waals surface area contributed by atoms with E-state index in [1.165, 1.54) is 19.3 Å². The van der Waals surface area contributed by atoms with E-state index in [0.717, 1.165) is 25.7 Å². The summed E-state index contributed by atoms with van der Waals surface area (Å²) in [5.41, 5.74) is 0. The van der Waals surface area contributed by atoms with E-state index >= 15 is 0 Å². The lowest BCUT2D eigenvalue weighted by Crippen LogP contribution is -1.98. The smallest absolute Gasteiger partial charge is 0.389 e. The molecule has 0 aromatic carbocycles. The van der Waals surface area contributed by atoms with Gasteiger partial charge < -0.3 is 14.9 Å². The predicted molar refractivity (Wildman–Crippen MR) is 98.6 cm³/mol. The van der Waals surface area contributed by atoms with Crippen LogP contribution in [0.2, 0.25) is 0 Å². The number of phosphoric acid groups is 1. The minimum absolute atomic E-state index is 0.0893. The molecule has 0 bridgehead atoms. The van der Waals surface area contributed by atoms with Gasteiger partial charge in [0.2, 0.25) is 0 Å². The summed E-state index contributed by atoms with van der Waals surface area (Å²) >= 11 is 0. The molecule has 0 aromatic heterocycles. The number of phosphoric ester groups is 1. The molecule has 5 nitrogen and oxygen atoms in total. The number of unbranched alkanes of at least 4 members (excludes halogenated alkanes) is 6. The lowest BCUT2D eigenvalue weighted by molar-refractivity contribution is 0.193. The quantitative estimate of drug-likeness (QED) is 0.171. The van der Waals surface area contributed by atoms with Gasteiger partial charge in [0.15, 0.2) is 0 Å². The van der Waals surface area contributed by atoms with E-state index in [2.05, 4.69) is 17.5 Å². The molecular weight excluding hydrogens is 327 g/mol. The van der Waals surface area contributed by atoms with Crippen molar-refractivity contribution in [1.82, 2.24) is 0 Å². The maximum atomic E-state index is 10.4. The van der Waals surface area contributed by atoms with Crippen LogP contribution in [0.4, 0.5) is 0 Å². The summed E-state index contributed by atoms with van der Waals surface area (Å²) in [6.45, 7) is 2.28. The summed E-state index contributed by atoms with van der Waals surface area (Å²) in [4.78, 5) is 17.0. The fourth-order valence-electron chi connectivity index (χ4n) is 2.04. The average Bonchev–Trinajstić information content (AvgIpc) is 2.51. The van der Waals surface area contributed by atoms with Crippen LogP contribution in [0.15, 0.2) is 36.5 Å². The van der Waals surface area contributed by atoms with Gasteiger partial charge in [-0.25, -0.2) is 4.57 Å². The summed E-state index contributed by atoms with van der Waals surface area (Å²) in [7, 11) is -4.31. The number of hydrogen-bond donors (Lipinski definition) is 3. The highest BCUT2D eigenvalue weighted by Crippen LogP contribution is 2.35. The highest BCUT2D eigenvalue weighted by molar-refractivity contribution is 7.46. The second kappa shape index (κ2) is 15.8. The van der Waals surface area contributed by atoms with Gasteiger partial charge in [-0.05, 0) is 38.5 Å². The minimum Gasteiger partial charge on any atom is -0.389 e. The Morgan fingerprint density at radius 3 is 2.38 bits per heavy atom. The molecule has 0 aliphatic carbocycles. The van der Waals surface area contributed by atoms with Gasteiger partial charge >= 0.3 is 7.82 Å². The fraction of sp³-hybridized carbons (Fsp3) is 0.667. The van der Waals surface area contributed by atoms with Crippen molar-refractivity contribution >= 4 is 7.82 Å². The standard InChI is InChI=1S/C18H33O5P/c1-2-3-4-5-9-12-15-18(19)16-13-10-7-6-8-11-14-17-23-24(20,21)22/h7,9-10,12-13,16,18-19H,2-6,8,11,14-15,17H2,1H3,(H2,20,21,22)/b10-7-,12-9-,16-13+/t18-/m0/s1. The van der Waals surface area contributed by atoms with Crippen molar-refractivity contribution in [2.24, 2.45) is 0 Å². The Balaban J connectivity index is 3.54. The molecule has 3 N–H and O–H groups in total. The van der Waals surface area contributed by atoms with Crippen LogP contribution in [0.5, 0.6) is 0 Å². The molecule has 24 heavy (non-hydrogen) atoms. The topological polar surface area (TPSA) is 87.0 Å². The molecule has 0 rings (SSSR count). The maximum Gasteiger partial charge on any atom is 0.469 e. The highest BCUT2D eigenvalue weighted by atomic mass is 31.2. The van der Waals surface area contributed by atoms with E-state index in [1.54, 1.807) is 6.08 Å². The molecule has 0 unspecified atom stereocenters. The van der Waals surface area contributed by atoms with Gasteiger partial charge in [-0.2, -0.15) is 0 Å². The third kappa shape index (κ3) is 19.3. The molecule has 0 saturated heterocycles. The molecule has 140 valence electrons. The first kappa shape index (κ1) is 23.3. The third-order valence-electron chi connectivity index (χ3n) is 3.37. The normalized spacial score (nSPS) is 14.3. The van der Waals surface area contributed by atoms with E-state index in [4.69, 9.17) is 9.79 Å². The van der Waals surface area contributed by atoms with E-state index in [0.29, 0.717) is 12.8 Å². The van der Waals surface area contributed by atoms with Crippen LogP contribution in [0, 0.1) is 0 Å². The summed E-state index contributed by atoms with van der Waals surface area (Å²) in [6.07, 6.45) is 20.1. The van der Waals surface area contributed by atoms with Gasteiger partial charge in [0.05, 0.1) is 12.7 Å². The van der Waals surface area contributed by atoms with Crippen molar-refractivity contribution in [3.63, 3.8) is 0 Å². The summed E-state index contributed by atoms with van der Waals surface area (Å²) in [5.74, 6) is 0. The van der Waals surface area contributed by atoms with Crippen LogP contribution in [0.3, 0.4) is 0 Å². The van der Waals surface area contributed by atoms with Gasteiger partial charge in [0.1, 0.15) is 0 Å². The lowest BCUT2D eigenvalue weighted by atomic mass is 10.1. The molecule has 0 aliphatic heterocycles. The zero-order valence-electron chi connectivity index (χ0n) is 14.7. The molecule has 6 heteroatoms. The summed E-state index contributed by atoms with van der Waals surface area (Å²) in [6, 6.07) is 0. The highest BCUT2D eigenvalue weighted by Gasteiger charge is 2.12. The van der Waals surface area contributed by atoms with Crippen molar-refractivity contribution < 1.29 is 24.0 Å². The van der Waals surface area contributed by atoms with Gasteiger partial charge in [0, 0.05) is 0 Å². The van der Waals surface area contributed by atoms with Crippen LogP contribution in [0.25, 0.3) is 0 Å². The third-order valence-corrected chi connectivity index (χ3v) is 3.89. The zero-order valence-corrected chi connectivity index (χ0v) is 15.6. The molecule has 0 aliphatic rings. The second-order valence-corrected chi connectivity index (χ2v) is 7.00. The molecule has 0 aromatic rings. The number of aliphatic hydroxyl groups excluding tert-OH is 1. The zero-order chi connectivity index (χ0) is 18.1. The van der Waals surface area contributed by atoms with Crippen molar-refractivity contribution in [1.29, 1.82) is 0 Å².